The smallest absolute Gasteiger partial charge is 0.260 e. The highest BCUT2D eigenvalue weighted by molar-refractivity contribution is 7.18. The van der Waals surface area contributed by atoms with Crippen LogP contribution in [0.3, 0.4) is 0 Å². The van der Waals surface area contributed by atoms with Crippen molar-refractivity contribution < 1.29 is 4.90 Å². The van der Waals surface area contributed by atoms with E-state index in [4.69, 9.17) is 4.98 Å². The van der Waals surface area contributed by atoms with Crippen LogP contribution in [0.4, 0.5) is 5.69 Å². The minimum atomic E-state index is 0.00488. The topological polar surface area (TPSA) is 53.4 Å². The predicted molar refractivity (Wildman–Crippen MR) is 112 cm³/mol. The number of quaternary nitrogens is 1. The molecule has 1 fully saturated rings. The quantitative estimate of drug-likeness (QED) is 0.729. The molecule has 0 bridgehead atoms. The zero-order valence-corrected chi connectivity index (χ0v) is 17.3. The minimum Gasteiger partial charge on any atom is -0.360 e. The number of aromatic nitrogens is 2. The fraction of sp³-hybridized carbons (Fsp3) is 0.429. The summed E-state index contributed by atoms with van der Waals surface area (Å²) >= 11 is 1.62. The second kappa shape index (κ2) is 7.09. The number of H-pyrrole nitrogens is 1. The molecular formula is C21H27N4OS+. The third kappa shape index (κ3) is 3.39. The first kappa shape index (κ1) is 18.2. The van der Waals surface area contributed by atoms with Crippen LogP contribution in [-0.4, -0.2) is 36.1 Å². The van der Waals surface area contributed by atoms with Gasteiger partial charge in [0, 0.05) is 10.6 Å². The molecule has 0 spiro atoms. The van der Waals surface area contributed by atoms with Crippen molar-refractivity contribution in [1.29, 1.82) is 0 Å². The number of aryl methyl sites for hydroxylation is 3. The normalized spacial score (nSPS) is 15.6. The van der Waals surface area contributed by atoms with Gasteiger partial charge in [0.05, 0.1) is 31.6 Å². The molecule has 0 amide bonds. The van der Waals surface area contributed by atoms with Crippen molar-refractivity contribution in [2.24, 2.45) is 0 Å². The molecule has 0 aliphatic carbocycles. The van der Waals surface area contributed by atoms with E-state index in [9.17, 15) is 4.79 Å². The number of thiophene rings is 1. The highest BCUT2D eigenvalue weighted by Crippen LogP contribution is 2.25. The highest BCUT2D eigenvalue weighted by atomic mass is 32.1. The zero-order valence-electron chi connectivity index (χ0n) is 16.5. The Bertz CT molecular complexity index is 1040. The van der Waals surface area contributed by atoms with Crippen molar-refractivity contribution in [2.45, 2.75) is 34.2 Å². The Morgan fingerprint density at radius 1 is 1.15 bits per heavy atom. The lowest BCUT2D eigenvalue weighted by atomic mass is 10.1. The molecule has 0 radical (unpaired) electrons. The van der Waals surface area contributed by atoms with Crippen LogP contribution in [0, 0.1) is 27.7 Å². The summed E-state index contributed by atoms with van der Waals surface area (Å²) in [6.07, 6.45) is 0. The SMILES string of the molecule is Cc1cccc(N2CC[NH+](Cc3nc4sc(C)c(C)c4c(=O)[nH]3)CC2)c1C. The summed E-state index contributed by atoms with van der Waals surface area (Å²) in [6, 6.07) is 6.54. The maximum absolute atomic E-state index is 12.5. The summed E-state index contributed by atoms with van der Waals surface area (Å²) in [6.45, 7) is 13.4. The minimum absolute atomic E-state index is 0.00488. The second-order valence-corrected chi connectivity index (χ2v) is 8.81. The van der Waals surface area contributed by atoms with E-state index in [1.807, 2.05) is 6.92 Å². The second-order valence-electron chi connectivity index (χ2n) is 7.61. The van der Waals surface area contributed by atoms with E-state index in [-0.39, 0.29) is 5.56 Å². The molecule has 1 aliphatic rings. The lowest BCUT2D eigenvalue weighted by molar-refractivity contribution is -0.915. The van der Waals surface area contributed by atoms with Crippen LogP contribution in [0.1, 0.15) is 27.4 Å². The van der Waals surface area contributed by atoms with Crippen molar-refractivity contribution in [1.82, 2.24) is 9.97 Å². The third-order valence-electron chi connectivity index (χ3n) is 5.89. The number of aromatic amines is 1. The van der Waals surface area contributed by atoms with Crippen molar-refractivity contribution >= 4 is 27.2 Å². The van der Waals surface area contributed by atoms with Crippen molar-refractivity contribution in [3.05, 3.63) is 55.9 Å². The van der Waals surface area contributed by atoms with Crippen LogP contribution < -0.4 is 15.4 Å². The summed E-state index contributed by atoms with van der Waals surface area (Å²) in [5.74, 6) is 0.809. The standard InChI is InChI=1S/C21H26N4OS/c1-13-6-5-7-17(14(13)2)25-10-8-24(9-11-25)12-18-22-20(26)19-15(3)16(4)27-21(19)23-18/h5-7H,8-12H2,1-4H3,(H,22,23,26)/p+1. The molecule has 0 saturated carbocycles. The number of piperazine rings is 1. The Balaban J connectivity index is 1.47. The molecule has 1 aliphatic heterocycles. The summed E-state index contributed by atoms with van der Waals surface area (Å²) < 4.78 is 0. The van der Waals surface area contributed by atoms with Crippen molar-refractivity contribution in [2.75, 3.05) is 31.1 Å². The number of hydrogen-bond acceptors (Lipinski definition) is 4. The largest absolute Gasteiger partial charge is 0.360 e. The van der Waals surface area contributed by atoms with Gasteiger partial charge in [0.25, 0.3) is 5.56 Å². The van der Waals surface area contributed by atoms with E-state index in [1.54, 1.807) is 11.3 Å². The average molecular weight is 384 g/mol. The molecule has 2 N–H and O–H groups in total. The molecule has 4 rings (SSSR count). The molecule has 142 valence electrons. The van der Waals surface area contributed by atoms with Gasteiger partial charge in [-0.15, -0.1) is 11.3 Å². The number of nitrogens with zero attached hydrogens (tertiary/aromatic N) is 2. The van der Waals surface area contributed by atoms with Gasteiger partial charge in [0.1, 0.15) is 11.4 Å². The molecule has 5 nitrogen and oxygen atoms in total. The van der Waals surface area contributed by atoms with Crippen LogP contribution in [-0.2, 0) is 6.54 Å². The van der Waals surface area contributed by atoms with Gasteiger partial charge in [0.2, 0.25) is 0 Å². The maximum atomic E-state index is 12.5. The molecule has 1 aromatic carbocycles. The monoisotopic (exact) mass is 383 g/mol. The number of rotatable bonds is 3. The van der Waals surface area contributed by atoms with Crippen LogP contribution in [0.25, 0.3) is 10.2 Å². The number of benzene rings is 1. The number of hydrogen-bond donors (Lipinski definition) is 2. The van der Waals surface area contributed by atoms with Gasteiger partial charge in [0.15, 0.2) is 5.82 Å². The van der Waals surface area contributed by atoms with Gasteiger partial charge in [-0.25, -0.2) is 4.98 Å². The van der Waals surface area contributed by atoms with Gasteiger partial charge < -0.3 is 14.8 Å². The van der Waals surface area contributed by atoms with Gasteiger partial charge >= 0.3 is 0 Å². The molecule has 3 aromatic rings. The van der Waals surface area contributed by atoms with Gasteiger partial charge in [-0.05, 0) is 50.5 Å². The molecule has 0 atom stereocenters. The van der Waals surface area contributed by atoms with Crippen molar-refractivity contribution in [3.63, 3.8) is 0 Å². The van der Waals surface area contributed by atoms with E-state index in [2.05, 4.69) is 48.9 Å². The molecule has 27 heavy (non-hydrogen) atoms. The third-order valence-corrected chi connectivity index (χ3v) is 6.99. The average Bonchev–Trinajstić information content (AvgIpc) is 2.92. The van der Waals surface area contributed by atoms with E-state index < -0.39 is 0 Å². The van der Waals surface area contributed by atoms with Crippen molar-refractivity contribution in [3.8, 4) is 0 Å². The molecule has 1 saturated heterocycles. The Morgan fingerprint density at radius 3 is 2.63 bits per heavy atom. The number of anilines is 1. The van der Waals surface area contributed by atoms with Crippen LogP contribution in [0.2, 0.25) is 0 Å². The summed E-state index contributed by atoms with van der Waals surface area (Å²) in [7, 11) is 0. The molecule has 0 unspecified atom stereocenters. The van der Waals surface area contributed by atoms with Gasteiger partial charge in [-0.1, -0.05) is 12.1 Å². The summed E-state index contributed by atoms with van der Waals surface area (Å²) in [5.41, 5.74) is 5.14. The van der Waals surface area contributed by atoms with E-state index in [0.29, 0.717) is 0 Å². The Morgan fingerprint density at radius 2 is 1.89 bits per heavy atom. The first-order valence-electron chi connectivity index (χ1n) is 9.57. The first-order valence-corrected chi connectivity index (χ1v) is 10.4. The lowest BCUT2D eigenvalue weighted by Crippen LogP contribution is -3.13. The van der Waals surface area contributed by atoms with Crippen LogP contribution in [0.5, 0.6) is 0 Å². The molecular weight excluding hydrogens is 356 g/mol. The van der Waals surface area contributed by atoms with E-state index in [0.717, 1.165) is 54.3 Å². The first-order chi connectivity index (χ1) is 12.9. The molecule has 6 heteroatoms. The highest BCUT2D eigenvalue weighted by Gasteiger charge is 2.23. The Hall–Kier alpha value is -2.18. The van der Waals surface area contributed by atoms with E-state index in [1.165, 1.54) is 26.6 Å². The van der Waals surface area contributed by atoms with Gasteiger partial charge in [-0.2, -0.15) is 0 Å². The fourth-order valence-electron chi connectivity index (χ4n) is 3.94. The summed E-state index contributed by atoms with van der Waals surface area (Å²) in [5, 5.41) is 0.760. The van der Waals surface area contributed by atoms with Crippen LogP contribution >= 0.6 is 11.3 Å². The molecule has 3 heterocycles. The lowest BCUT2D eigenvalue weighted by Gasteiger charge is -2.34. The summed E-state index contributed by atoms with van der Waals surface area (Å²) in [4.78, 5) is 26.2. The Kier molecular flexibility index (Phi) is 4.78. The number of fused-ring (bicyclic) bond motifs is 1. The molecule has 2 aromatic heterocycles. The number of nitrogens with one attached hydrogen (secondary N) is 2. The fourth-order valence-corrected chi connectivity index (χ4v) is 4.99. The van der Waals surface area contributed by atoms with Crippen LogP contribution in [0.15, 0.2) is 23.0 Å². The zero-order chi connectivity index (χ0) is 19.1. The Labute approximate surface area is 163 Å². The maximum Gasteiger partial charge on any atom is 0.260 e. The predicted octanol–water partition coefficient (Wildman–Crippen LogP) is 2.12. The van der Waals surface area contributed by atoms with E-state index >= 15 is 0 Å². The van der Waals surface area contributed by atoms with Gasteiger partial charge in [-0.3, -0.25) is 4.79 Å².